The molecule has 1 aliphatic heterocycles. The largest absolute Gasteiger partial charge is 0.382 e. The standard InChI is InChI=1S/C18H19BrClN3.C14H11BrClNO/c19-14-10-13-5-4-12-2-1-3-15(20)16(12)18(17(13)22-11-14)23-8-6-21-7-9-23;15-10-6-9-5-4-8-2-1-3-11(16)12(8)14(18)13(9)17-7-10/h1-3,10-11,18,21H,4-9H2;1-3,6-7,14,18H,4-5H2. The van der Waals surface area contributed by atoms with E-state index in [9.17, 15) is 5.11 Å². The summed E-state index contributed by atoms with van der Waals surface area (Å²) in [7, 11) is 0. The van der Waals surface area contributed by atoms with Crippen molar-refractivity contribution in [1.82, 2.24) is 20.2 Å². The van der Waals surface area contributed by atoms with E-state index < -0.39 is 6.10 Å². The number of hydrogen-bond donors (Lipinski definition) is 2. The van der Waals surface area contributed by atoms with E-state index in [-0.39, 0.29) is 6.04 Å². The number of fused-ring (bicyclic) bond motifs is 4. The molecule has 2 aliphatic carbocycles. The minimum atomic E-state index is -0.737. The summed E-state index contributed by atoms with van der Waals surface area (Å²) < 4.78 is 1.98. The predicted octanol–water partition coefficient (Wildman–Crippen LogP) is 7.27. The number of aromatic nitrogens is 2. The van der Waals surface area contributed by atoms with Crippen LogP contribution in [0, 0.1) is 0 Å². The van der Waals surface area contributed by atoms with Gasteiger partial charge in [-0.15, -0.1) is 0 Å². The number of piperazine rings is 1. The van der Waals surface area contributed by atoms with E-state index in [1.807, 2.05) is 36.5 Å². The van der Waals surface area contributed by atoms with E-state index in [0.29, 0.717) is 10.7 Å². The van der Waals surface area contributed by atoms with Gasteiger partial charge in [0.05, 0.1) is 17.4 Å². The van der Waals surface area contributed by atoms with Crippen LogP contribution < -0.4 is 5.32 Å². The maximum atomic E-state index is 10.5. The summed E-state index contributed by atoms with van der Waals surface area (Å²) in [5.41, 5.74) is 8.79. The van der Waals surface area contributed by atoms with Gasteiger partial charge in [0.25, 0.3) is 0 Å². The molecule has 5 nitrogen and oxygen atoms in total. The minimum Gasteiger partial charge on any atom is -0.382 e. The molecule has 2 unspecified atom stereocenters. The third-order valence-electron chi connectivity index (χ3n) is 8.13. The van der Waals surface area contributed by atoms with Crippen LogP contribution in [0.1, 0.15) is 56.9 Å². The zero-order valence-electron chi connectivity index (χ0n) is 22.4. The highest BCUT2D eigenvalue weighted by molar-refractivity contribution is 9.10. The van der Waals surface area contributed by atoms with E-state index in [0.717, 1.165) is 82.5 Å². The number of aliphatic hydroxyl groups is 1. The van der Waals surface area contributed by atoms with Gasteiger partial charge in [-0.3, -0.25) is 14.9 Å². The molecule has 2 aromatic carbocycles. The van der Waals surface area contributed by atoms with Crippen LogP contribution in [-0.2, 0) is 25.7 Å². The Hall–Kier alpha value is -1.84. The molecule has 2 atom stereocenters. The summed E-state index contributed by atoms with van der Waals surface area (Å²) in [4.78, 5) is 11.7. The Labute approximate surface area is 267 Å². The maximum absolute atomic E-state index is 10.5. The Bertz CT molecular complexity index is 1580. The van der Waals surface area contributed by atoms with Crippen molar-refractivity contribution < 1.29 is 5.11 Å². The molecular weight excluding hydrogens is 687 g/mol. The summed E-state index contributed by atoms with van der Waals surface area (Å²) in [6, 6.07) is 16.5. The van der Waals surface area contributed by atoms with E-state index >= 15 is 0 Å². The van der Waals surface area contributed by atoms with Gasteiger partial charge in [0, 0.05) is 63.1 Å². The summed E-state index contributed by atoms with van der Waals surface area (Å²) in [6.07, 6.45) is 6.66. The smallest absolute Gasteiger partial charge is 0.123 e. The molecule has 2 aromatic heterocycles. The molecule has 0 saturated carbocycles. The fourth-order valence-electron chi connectivity index (χ4n) is 6.20. The van der Waals surface area contributed by atoms with Crippen molar-refractivity contribution >= 4 is 55.1 Å². The van der Waals surface area contributed by atoms with Crippen LogP contribution in [0.2, 0.25) is 10.0 Å². The second-order valence-corrected chi connectivity index (χ2v) is 13.3. The second-order valence-electron chi connectivity index (χ2n) is 10.6. The van der Waals surface area contributed by atoms with Gasteiger partial charge < -0.3 is 10.4 Å². The zero-order chi connectivity index (χ0) is 28.5. The molecule has 4 aromatic rings. The fraction of sp³-hybridized carbons (Fsp3) is 0.312. The maximum Gasteiger partial charge on any atom is 0.123 e. The number of nitrogens with one attached hydrogen (secondary N) is 1. The van der Waals surface area contributed by atoms with Gasteiger partial charge in [0.15, 0.2) is 0 Å². The Kier molecular flexibility index (Phi) is 9.13. The van der Waals surface area contributed by atoms with E-state index in [1.165, 1.54) is 22.4 Å². The molecule has 7 rings (SSSR count). The van der Waals surface area contributed by atoms with Crippen LogP contribution in [-0.4, -0.2) is 46.2 Å². The van der Waals surface area contributed by atoms with E-state index in [2.05, 4.69) is 65.3 Å². The summed E-state index contributed by atoms with van der Waals surface area (Å²) in [6.45, 7) is 4.07. The lowest BCUT2D eigenvalue weighted by Crippen LogP contribution is -2.45. The molecule has 9 heteroatoms. The lowest BCUT2D eigenvalue weighted by atomic mass is 9.96. The molecule has 41 heavy (non-hydrogen) atoms. The van der Waals surface area contributed by atoms with Gasteiger partial charge >= 0.3 is 0 Å². The number of nitrogens with zero attached hydrogens (tertiary/aromatic N) is 3. The average molecular weight is 717 g/mol. The zero-order valence-corrected chi connectivity index (χ0v) is 27.1. The van der Waals surface area contributed by atoms with E-state index in [4.69, 9.17) is 28.2 Å². The molecule has 2 N–H and O–H groups in total. The number of halogens is 4. The van der Waals surface area contributed by atoms with Crippen molar-refractivity contribution in [2.45, 2.75) is 37.8 Å². The van der Waals surface area contributed by atoms with Gasteiger partial charge in [0.1, 0.15) is 6.10 Å². The Morgan fingerprint density at radius 1 is 0.732 bits per heavy atom. The van der Waals surface area contributed by atoms with Gasteiger partial charge in [0.2, 0.25) is 0 Å². The molecular formula is C32H30Br2Cl2N4O. The highest BCUT2D eigenvalue weighted by Crippen LogP contribution is 2.40. The van der Waals surface area contributed by atoms with Gasteiger partial charge in [-0.05, 0) is 110 Å². The van der Waals surface area contributed by atoms with Crippen LogP contribution in [0.15, 0.2) is 69.9 Å². The molecule has 3 aliphatic rings. The van der Waals surface area contributed by atoms with Crippen LogP contribution in [0.3, 0.4) is 0 Å². The van der Waals surface area contributed by atoms with Crippen molar-refractivity contribution in [2.75, 3.05) is 26.2 Å². The first-order valence-corrected chi connectivity index (χ1v) is 16.2. The molecule has 1 fully saturated rings. The monoisotopic (exact) mass is 714 g/mol. The van der Waals surface area contributed by atoms with Gasteiger partial charge in [-0.1, -0.05) is 47.5 Å². The Morgan fingerprint density at radius 3 is 1.88 bits per heavy atom. The minimum absolute atomic E-state index is 0.159. The number of hydrogen-bond acceptors (Lipinski definition) is 5. The van der Waals surface area contributed by atoms with E-state index in [1.54, 1.807) is 6.20 Å². The highest BCUT2D eigenvalue weighted by atomic mass is 79.9. The molecule has 212 valence electrons. The van der Waals surface area contributed by atoms with Crippen LogP contribution in [0.5, 0.6) is 0 Å². The SMILES string of the molecule is Clc1cccc2c1C(N1CCNCC1)c1ncc(Br)cc1CC2.OC1c2ncc(Br)cc2CCc2cccc(Cl)c21. The number of rotatable bonds is 1. The lowest BCUT2D eigenvalue weighted by Gasteiger charge is -2.36. The third-order valence-corrected chi connectivity index (χ3v) is 9.66. The van der Waals surface area contributed by atoms with Crippen LogP contribution in [0.25, 0.3) is 0 Å². The van der Waals surface area contributed by atoms with Crippen molar-refractivity contribution in [3.63, 3.8) is 0 Å². The summed E-state index contributed by atoms with van der Waals surface area (Å²) in [5.74, 6) is 0. The fourth-order valence-corrected chi connectivity index (χ4v) is 7.55. The average Bonchev–Trinajstić information content (AvgIpc) is 3.23. The Morgan fingerprint density at radius 2 is 1.24 bits per heavy atom. The van der Waals surface area contributed by atoms with Gasteiger partial charge in [-0.2, -0.15) is 0 Å². The summed E-state index contributed by atoms with van der Waals surface area (Å²) in [5, 5.41) is 15.4. The number of benzene rings is 2. The van der Waals surface area contributed by atoms with Crippen LogP contribution >= 0.6 is 55.1 Å². The second kappa shape index (κ2) is 12.8. The molecule has 1 saturated heterocycles. The first-order chi connectivity index (χ1) is 19.9. The predicted molar refractivity (Wildman–Crippen MR) is 172 cm³/mol. The first-order valence-electron chi connectivity index (χ1n) is 13.9. The first kappa shape index (κ1) is 29.2. The molecule has 0 spiro atoms. The van der Waals surface area contributed by atoms with Crippen molar-refractivity contribution in [3.8, 4) is 0 Å². The number of aliphatic hydroxyl groups excluding tert-OH is 1. The lowest BCUT2D eigenvalue weighted by molar-refractivity contribution is 0.195. The number of aryl methyl sites for hydroxylation is 4. The normalized spacial score (nSPS) is 19.8. The Balaban J connectivity index is 0.000000152. The molecule has 0 amide bonds. The molecule has 0 radical (unpaired) electrons. The molecule has 3 heterocycles. The van der Waals surface area contributed by atoms with Crippen molar-refractivity contribution in [2.24, 2.45) is 0 Å². The topological polar surface area (TPSA) is 61.3 Å². The quantitative estimate of drug-likeness (QED) is 0.217. The third kappa shape index (κ3) is 6.14. The molecule has 0 bridgehead atoms. The highest BCUT2D eigenvalue weighted by Gasteiger charge is 2.32. The van der Waals surface area contributed by atoms with Crippen molar-refractivity contribution in [3.05, 3.63) is 125 Å². The van der Waals surface area contributed by atoms with Crippen molar-refractivity contribution in [1.29, 1.82) is 0 Å². The van der Waals surface area contributed by atoms with Gasteiger partial charge in [-0.25, -0.2) is 0 Å². The summed E-state index contributed by atoms with van der Waals surface area (Å²) >= 11 is 19.8. The van der Waals surface area contributed by atoms with Crippen LogP contribution in [0.4, 0.5) is 0 Å². The number of pyridine rings is 2.